The largest absolute Gasteiger partial charge is 0.389 e. The molecule has 2 rings (SSSR count). The van der Waals surface area contributed by atoms with Crippen LogP contribution in [-0.2, 0) is 0 Å². The van der Waals surface area contributed by atoms with Gasteiger partial charge in [-0.3, -0.25) is 4.79 Å². The molecule has 2 N–H and O–H groups in total. The molecule has 0 unspecified atom stereocenters. The molecule has 1 aromatic rings. The van der Waals surface area contributed by atoms with E-state index in [1.165, 1.54) is 0 Å². The van der Waals surface area contributed by atoms with Gasteiger partial charge in [-0.25, -0.2) is 4.98 Å². The quantitative estimate of drug-likeness (QED) is 0.810. The van der Waals surface area contributed by atoms with Crippen LogP contribution in [0.5, 0.6) is 0 Å². The van der Waals surface area contributed by atoms with Crippen LogP contribution in [0.2, 0.25) is 0 Å². The molecule has 0 spiro atoms. The third-order valence-electron chi connectivity index (χ3n) is 2.61. The van der Waals surface area contributed by atoms with E-state index in [1.807, 2.05) is 13.8 Å². The first-order chi connectivity index (χ1) is 8.08. The second-order valence-electron chi connectivity index (χ2n) is 4.56. The molecule has 1 amide bonds. The van der Waals surface area contributed by atoms with Crippen molar-refractivity contribution < 1.29 is 9.90 Å². The van der Waals surface area contributed by atoms with Gasteiger partial charge in [0, 0.05) is 25.3 Å². The monoisotopic (exact) mass is 235 g/mol. The second-order valence-corrected chi connectivity index (χ2v) is 4.56. The number of amides is 1. The van der Waals surface area contributed by atoms with Crippen LogP contribution in [0.1, 0.15) is 24.2 Å². The Morgan fingerprint density at radius 3 is 2.88 bits per heavy atom. The molecule has 5 nitrogen and oxygen atoms in total. The van der Waals surface area contributed by atoms with E-state index in [-0.39, 0.29) is 18.1 Å². The zero-order valence-corrected chi connectivity index (χ0v) is 10.1. The minimum Gasteiger partial charge on any atom is -0.389 e. The number of aromatic nitrogens is 1. The Morgan fingerprint density at radius 2 is 2.29 bits per heavy atom. The van der Waals surface area contributed by atoms with Gasteiger partial charge in [-0.1, -0.05) is 0 Å². The second kappa shape index (κ2) is 4.71. The third kappa shape index (κ3) is 2.55. The summed E-state index contributed by atoms with van der Waals surface area (Å²) in [6.07, 6.45) is 1.28. The molecule has 1 aromatic heterocycles. The summed E-state index contributed by atoms with van der Waals surface area (Å²) in [5, 5.41) is 12.4. The first kappa shape index (κ1) is 11.9. The Morgan fingerprint density at radius 1 is 1.59 bits per heavy atom. The number of aliphatic hydroxyl groups excluding tert-OH is 1. The summed E-state index contributed by atoms with van der Waals surface area (Å²) in [4.78, 5) is 17.9. The number of rotatable bonds is 3. The van der Waals surface area contributed by atoms with Gasteiger partial charge in [-0.05, 0) is 26.0 Å². The molecule has 17 heavy (non-hydrogen) atoms. The molecule has 0 atom stereocenters. The Labute approximate surface area is 100 Å². The molecule has 0 aliphatic carbocycles. The highest BCUT2D eigenvalue weighted by Crippen LogP contribution is 2.18. The molecular weight excluding hydrogens is 218 g/mol. The van der Waals surface area contributed by atoms with Gasteiger partial charge in [0.25, 0.3) is 5.91 Å². The zero-order chi connectivity index (χ0) is 12.4. The fourth-order valence-corrected chi connectivity index (χ4v) is 1.76. The lowest BCUT2D eigenvalue weighted by molar-refractivity contribution is 0.00593. The Balaban J connectivity index is 2.16. The number of hydrogen-bond acceptors (Lipinski definition) is 4. The molecule has 1 aliphatic rings. The fraction of sp³-hybridized carbons (Fsp3) is 0.500. The smallest absolute Gasteiger partial charge is 0.257 e. The van der Waals surface area contributed by atoms with Crippen LogP contribution >= 0.6 is 0 Å². The molecule has 0 radical (unpaired) electrons. The maximum atomic E-state index is 12.1. The van der Waals surface area contributed by atoms with Crippen molar-refractivity contribution in [2.45, 2.75) is 26.0 Å². The van der Waals surface area contributed by atoms with Crippen molar-refractivity contribution in [2.24, 2.45) is 0 Å². The number of aliphatic hydroxyl groups is 1. The summed E-state index contributed by atoms with van der Waals surface area (Å²) in [6.45, 7) is 4.82. The van der Waals surface area contributed by atoms with Crippen molar-refractivity contribution in [1.29, 1.82) is 0 Å². The van der Waals surface area contributed by atoms with Gasteiger partial charge in [0.15, 0.2) is 0 Å². The van der Waals surface area contributed by atoms with Gasteiger partial charge >= 0.3 is 0 Å². The molecule has 1 aliphatic heterocycles. The minimum absolute atomic E-state index is 0.0773. The highest BCUT2D eigenvalue weighted by Gasteiger charge is 2.30. The van der Waals surface area contributed by atoms with Crippen molar-refractivity contribution in [2.75, 3.05) is 18.4 Å². The number of anilines is 1. The lowest BCUT2D eigenvalue weighted by atomic mass is 10.1. The van der Waals surface area contributed by atoms with Crippen molar-refractivity contribution in [3.63, 3.8) is 0 Å². The van der Waals surface area contributed by atoms with E-state index in [4.69, 9.17) is 0 Å². The molecular formula is C12H17N3O2. The normalized spacial score (nSPS) is 15.9. The SMILES string of the molecule is CC(C)Nc1ncccc1C(=O)N1CC(O)C1. The number of nitrogens with one attached hydrogen (secondary N) is 1. The van der Waals surface area contributed by atoms with Gasteiger partial charge in [0.05, 0.1) is 11.7 Å². The number of nitrogens with zero attached hydrogens (tertiary/aromatic N) is 2. The van der Waals surface area contributed by atoms with Crippen molar-refractivity contribution in [3.05, 3.63) is 23.9 Å². The summed E-state index contributed by atoms with van der Waals surface area (Å²) in [7, 11) is 0. The third-order valence-corrected chi connectivity index (χ3v) is 2.61. The van der Waals surface area contributed by atoms with E-state index >= 15 is 0 Å². The standard InChI is InChI=1S/C12H17N3O2/c1-8(2)14-11-10(4-3-5-13-11)12(17)15-6-9(16)7-15/h3-5,8-9,16H,6-7H2,1-2H3,(H,13,14). The lowest BCUT2D eigenvalue weighted by Crippen LogP contribution is -2.53. The molecule has 2 heterocycles. The number of likely N-dealkylation sites (tertiary alicyclic amines) is 1. The molecule has 1 fully saturated rings. The summed E-state index contributed by atoms with van der Waals surface area (Å²) in [5.41, 5.74) is 0.563. The van der Waals surface area contributed by atoms with Gasteiger partial charge in [0.2, 0.25) is 0 Å². The van der Waals surface area contributed by atoms with E-state index in [1.54, 1.807) is 23.2 Å². The average Bonchev–Trinajstić information content (AvgIpc) is 2.24. The predicted molar refractivity (Wildman–Crippen MR) is 64.9 cm³/mol. The van der Waals surface area contributed by atoms with Crippen LogP contribution in [0.25, 0.3) is 0 Å². The molecule has 0 aromatic carbocycles. The number of hydrogen-bond donors (Lipinski definition) is 2. The predicted octanol–water partition coefficient (Wildman–Crippen LogP) is 0.719. The number of carbonyl (C=O) groups excluding carboxylic acids is 1. The van der Waals surface area contributed by atoms with E-state index in [2.05, 4.69) is 10.3 Å². The molecule has 92 valence electrons. The minimum atomic E-state index is -0.378. The maximum absolute atomic E-state index is 12.1. The number of β-amino-alcohol motifs (C(OH)–C–C–N with tert-alkyl or cyclic N) is 1. The summed E-state index contributed by atoms with van der Waals surface area (Å²) >= 11 is 0. The van der Waals surface area contributed by atoms with Gasteiger partial charge in [0.1, 0.15) is 5.82 Å². The van der Waals surface area contributed by atoms with E-state index in [0.29, 0.717) is 24.5 Å². The Kier molecular flexibility index (Phi) is 3.28. The van der Waals surface area contributed by atoms with Gasteiger partial charge in [-0.2, -0.15) is 0 Å². The van der Waals surface area contributed by atoms with Crippen LogP contribution in [0.4, 0.5) is 5.82 Å². The van der Waals surface area contributed by atoms with Crippen LogP contribution in [0, 0.1) is 0 Å². The van der Waals surface area contributed by atoms with Crippen LogP contribution in [0.15, 0.2) is 18.3 Å². The van der Waals surface area contributed by atoms with E-state index in [9.17, 15) is 9.90 Å². The van der Waals surface area contributed by atoms with Crippen LogP contribution < -0.4 is 5.32 Å². The Bertz CT molecular complexity index is 414. The zero-order valence-electron chi connectivity index (χ0n) is 10.1. The van der Waals surface area contributed by atoms with Crippen LogP contribution in [-0.4, -0.2) is 46.1 Å². The summed E-state index contributed by atoms with van der Waals surface area (Å²) in [5.74, 6) is 0.528. The van der Waals surface area contributed by atoms with Crippen LogP contribution in [0.3, 0.4) is 0 Å². The van der Waals surface area contributed by atoms with E-state index in [0.717, 1.165) is 0 Å². The van der Waals surface area contributed by atoms with Crippen molar-refractivity contribution in [3.8, 4) is 0 Å². The summed E-state index contributed by atoms with van der Waals surface area (Å²) < 4.78 is 0. The first-order valence-corrected chi connectivity index (χ1v) is 5.77. The summed E-state index contributed by atoms with van der Waals surface area (Å²) in [6, 6.07) is 3.72. The average molecular weight is 235 g/mol. The van der Waals surface area contributed by atoms with Gasteiger partial charge in [-0.15, -0.1) is 0 Å². The molecule has 0 bridgehead atoms. The first-order valence-electron chi connectivity index (χ1n) is 5.77. The van der Waals surface area contributed by atoms with Crippen molar-refractivity contribution >= 4 is 11.7 Å². The highest BCUT2D eigenvalue weighted by atomic mass is 16.3. The van der Waals surface area contributed by atoms with Gasteiger partial charge < -0.3 is 15.3 Å². The molecule has 5 heteroatoms. The highest BCUT2D eigenvalue weighted by molar-refractivity contribution is 5.99. The Hall–Kier alpha value is -1.62. The fourth-order valence-electron chi connectivity index (χ4n) is 1.76. The van der Waals surface area contributed by atoms with Crippen molar-refractivity contribution in [1.82, 2.24) is 9.88 Å². The maximum Gasteiger partial charge on any atom is 0.257 e. The lowest BCUT2D eigenvalue weighted by Gasteiger charge is -2.36. The topological polar surface area (TPSA) is 65.5 Å². The molecule has 0 saturated carbocycles. The molecule has 1 saturated heterocycles. The van der Waals surface area contributed by atoms with E-state index < -0.39 is 0 Å². The number of pyridine rings is 1. The number of carbonyl (C=O) groups is 1.